The lowest BCUT2D eigenvalue weighted by atomic mass is 9.81. The average molecular weight is 558 g/mol. The molecule has 40 heavy (non-hydrogen) atoms. The quantitative estimate of drug-likeness (QED) is 0.268. The van der Waals surface area contributed by atoms with E-state index in [4.69, 9.17) is 10.5 Å². The van der Waals surface area contributed by atoms with E-state index in [1.807, 2.05) is 0 Å². The van der Waals surface area contributed by atoms with Crippen molar-refractivity contribution in [1.29, 1.82) is 0 Å². The number of benzene rings is 2. The highest BCUT2D eigenvalue weighted by atomic mass is 19.4. The number of aryl methyl sites for hydroxylation is 1. The molecule has 0 radical (unpaired) electrons. The van der Waals surface area contributed by atoms with Crippen LogP contribution in [0, 0.1) is 12.7 Å². The summed E-state index contributed by atoms with van der Waals surface area (Å²) in [5.41, 5.74) is 0.681. The number of rotatable bonds is 6. The third-order valence-electron chi connectivity index (χ3n) is 7.15. The maximum absolute atomic E-state index is 14.5. The smallest absolute Gasteiger partial charge is 0.424 e. The Hall–Kier alpha value is -4.52. The lowest BCUT2D eigenvalue weighted by Crippen LogP contribution is -2.51. The van der Waals surface area contributed by atoms with E-state index in [2.05, 4.69) is 20.5 Å². The fourth-order valence-corrected chi connectivity index (χ4v) is 4.54. The number of aromatic nitrogens is 3. The first-order chi connectivity index (χ1) is 18.7. The van der Waals surface area contributed by atoms with Gasteiger partial charge in [0, 0.05) is 22.1 Å². The van der Waals surface area contributed by atoms with Crippen molar-refractivity contribution in [2.75, 3.05) is 13.2 Å². The van der Waals surface area contributed by atoms with E-state index in [-0.39, 0.29) is 34.7 Å². The van der Waals surface area contributed by atoms with Gasteiger partial charge < -0.3 is 20.9 Å². The standard InChI is InChI=1S/C27H23F4N5O4/c1-13-17-9-15(5-8-19(17)36-35-13)23(37)33-11-26(39,27(29,30)31)20-10-18-22(40-12-25(18,2)24(32)38)21(34-20)14-3-6-16(28)7-4-14/h3-10,39H,11-12H2,1-2H3,(H2,32,38)(H,33,37)(H,35,36)/t25-,26-/m0/s1. The molecular weight excluding hydrogens is 534 g/mol. The number of halogens is 4. The number of alkyl halides is 3. The number of aromatic amines is 1. The Morgan fingerprint density at radius 1 is 1.18 bits per heavy atom. The largest absolute Gasteiger partial charge is 0.489 e. The number of carbonyl (C=O) groups is 2. The van der Waals surface area contributed by atoms with Gasteiger partial charge in [0.25, 0.3) is 5.91 Å². The molecule has 5 N–H and O–H groups in total. The van der Waals surface area contributed by atoms with E-state index >= 15 is 0 Å². The second-order valence-electron chi connectivity index (χ2n) is 9.83. The number of H-pyrrole nitrogens is 1. The van der Waals surface area contributed by atoms with Gasteiger partial charge in [0.05, 0.1) is 23.4 Å². The van der Waals surface area contributed by atoms with Crippen LogP contribution in [-0.2, 0) is 15.8 Å². The Bertz CT molecular complexity index is 1650. The lowest BCUT2D eigenvalue weighted by Gasteiger charge is -2.31. The number of carbonyl (C=O) groups excluding carboxylic acids is 2. The zero-order chi connectivity index (χ0) is 29.0. The fourth-order valence-electron chi connectivity index (χ4n) is 4.54. The molecule has 0 fully saturated rings. The summed E-state index contributed by atoms with van der Waals surface area (Å²) in [6.07, 6.45) is -5.32. The Labute approximate surface area is 224 Å². The minimum Gasteiger partial charge on any atom is -0.489 e. The Morgan fingerprint density at radius 2 is 1.88 bits per heavy atom. The SMILES string of the molecule is Cc1n[nH]c2ccc(C(=O)NC[C@](O)(c3cc4c(c(-c5ccc(F)cc5)n3)OC[C@]4(C)C(N)=O)C(F)(F)F)cc12. The van der Waals surface area contributed by atoms with Gasteiger partial charge in [-0.2, -0.15) is 18.3 Å². The number of nitrogens with zero attached hydrogens (tertiary/aromatic N) is 2. The molecule has 1 aliphatic heterocycles. The second kappa shape index (κ2) is 9.30. The predicted molar refractivity (Wildman–Crippen MR) is 135 cm³/mol. The van der Waals surface area contributed by atoms with Crippen molar-refractivity contribution in [1.82, 2.24) is 20.5 Å². The molecule has 0 saturated carbocycles. The molecule has 2 aromatic heterocycles. The summed E-state index contributed by atoms with van der Waals surface area (Å²) in [5, 5.41) is 20.7. The summed E-state index contributed by atoms with van der Waals surface area (Å²) in [5.74, 6) is -2.37. The lowest BCUT2D eigenvalue weighted by molar-refractivity contribution is -0.265. The van der Waals surface area contributed by atoms with Crippen LogP contribution in [0.1, 0.15) is 34.2 Å². The number of primary amides is 1. The van der Waals surface area contributed by atoms with Crippen molar-refractivity contribution in [2.45, 2.75) is 31.0 Å². The molecule has 1 aliphatic rings. The molecule has 0 unspecified atom stereocenters. The summed E-state index contributed by atoms with van der Waals surface area (Å²) in [4.78, 5) is 29.3. The highest BCUT2D eigenvalue weighted by Gasteiger charge is 2.57. The normalized spacial score (nSPS) is 18.2. The molecule has 2 atom stereocenters. The van der Waals surface area contributed by atoms with Crippen molar-refractivity contribution in [2.24, 2.45) is 5.73 Å². The highest BCUT2D eigenvalue weighted by Crippen LogP contribution is 2.47. The summed E-state index contributed by atoms with van der Waals surface area (Å²) < 4.78 is 62.8. The van der Waals surface area contributed by atoms with Gasteiger partial charge in [0.2, 0.25) is 11.5 Å². The van der Waals surface area contributed by atoms with Crippen LogP contribution in [0.5, 0.6) is 5.75 Å². The molecule has 208 valence electrons. The molecule has 2 amide bonds. The maximum Gasteiger partial charge on any atom is 0.424 e. The summed E-state index contributed by atoms with van der Waals surface area (Å²) in [6, 6.07) is 10.0. The van der Waals surface area contributed by atoms with E-state index in [9.17, 15) is 32.3 Å². The Kier molecular flexibility index (Phi) is 6.29. The second-order valence-corrected chi connectivity index (χ2v) is 9.83. The van der Waals surface area contributed by atoms with Crippen LogP contribution >= 0.6 is 0 Å². The number of hydrogen-bond acceptors (Lipinski definition) is 6. The number of amides is 2. The van der Waals surface area contributed by atoms with Crippen molar-refractivity contribution >= 4 is 22.7 Å². The third kappa shape index (κ3) is 4.31. The first kappa shape index (κ1) is 27.1. The van der Waals surface area contributed by atoms with Crippen LogP contribution in [0.4, 0.5) is 17.6 Å². The molecule has 5 rings (SSSR count). The van der Waals surface area contributed by atoms with Crippen LogP contribution in [0.25, 0.3) is 22.2 Å². The number of fused-ring (bicyclic) bond motifs is 2. The molecule has 0 spiro atoms. The zero-order valence-electron chi connectivity index (χ0n) is 21.2. The first-order valence-corrected chi connectivity index (χ1v) is 12.0. The van der Waals surface area contributed by atoms with Gasteiger partial charge in [-0.25, -0.2) is 9.37 Å². The molecule has 3 heterocycles. The Balaban J connectivity index is 1.59. The third-order valence-corrected chi connectivity index (χ3v) is 7.15. The topological polar surface area (TPSA) is 143 Å². The molecule has 13 heteroatoms. The van der Waals surface area contributed by atoms with E-state index in [0.29, 0.717) is 16.6 Å². The molecule has 0 saturated heterocycles. The van der Waals surface area contributed by atoms with Gasteiger partial charge in [0.15, 0.2) is 0 Å². The van der Waals surface area contributed by atoms with Gasteiger partial charge in [0.1, 0.15) is 29.3 Å². The van der Waals surface area contributed by atoms with Gasteiger partial charge in [-0.15, -0.1) is 0 Å². The molecule has 4 aromatic rings. The summed E-state index contributed by atoms with van der Waals surface area (Å²) >= 11 is 0. The van der Waals surface area contributed by atoms with Crippen molar-refractivity contribution < 1.29 is 37.0 Å². The first-order valence-electron chi connectivity index (χ1n) is 12.0. The molecule has 0 bridgehead atoms. The monoisotopic (exact) mass is 557 g/mol. The van der Waals surface area contributed by atoms with Gasteiger partial charge in [-0.3, -0.25) is 14.7 Å². The maximum atomic E-state index is 14.5. The van der Waals surface area contributed by atoms with Gasteiger partial charge in [-0.1, -0.05) is 0 Å². The predicted octanol–water partition coefficient (Wildman–Crippen LogP) is 3.39. The minimum atomic E-state index is -5.32. The number of nitrogens with one attached hydrogen (secondary N) is 2. The van der Waals surface area contributed by atoms with E-state index in [1.54, 1.807) is 13.0 Å². The van der Waals surface area contributed by atoms with Crippen molar-refractivity contribution in [3.63, 3.8) is 0 Å². The number of ether oxygens (including phenoxy) is 1. The van der Waals surface area contributed by atoms with Gasteiger partial charge >= 0.3 is 6.18 Å². The van der Waals surface area contributed by atoms with Crippen molar-refractivity contribution in [3.8, 4) is 17.0 Å². The number of nitrogens with two attached hydrogens (primary N) is 1. The molecule has 0 aliphatic carbocycles. The zero-order valence-corrected chi connectivity index (χ0v) is 21.2. The Morgan fingerprint density at radius 3 is 2.52 bits per heavy atom. The number of aliphatic hydroxyl groups is 1. The van der Waals surface area contributed by atoms with E-state index in [0.717, 1.165) is 18.2 Å². The minimum absolute atomic E-state index is 0.0194. The highest BCUT2D eigenvalue weighted by molar-refractivity contribution is 5.98. The van der Waals surface area contributed by atoms with Gasteiger partial charge in [-0.05, 0) is 62.4 Å². The number of pyridine rings is 1. The van der Waals surface area contributed by atoms with E-state index in [1.165, 1.54) is 31.2 Å². The average Bonchev–Trinajstić information content (AvgIpc) is 3.46. The van der Waals surface area contributed by atoms with Crippen LogP contribution in [0.3, 0.4) is 0 Å². The number of hydrogen-bond donors (Lipinski definition) is 4. The van der Waals surface area contributed by atoms with Crippen LogP contribution in [-0.4, -0.2) is 51.4 Å². The molecular formula is C27H23F4N5O4. The van der Waals surface area contributed by atoms with E-state index < -0.39 is 47.1 Å². The molecule has 9 nitrogen and oxygen atoms in total. The van der Waals surface area contributed by atoms with Crippen LogP contribution in [0.2, 0.25) is 0 Å². The summed E-state index contributed by atoms with van der Waals surface area (Å²) in [7, 11) is 0. The van der Waals surface area contributed by atoms with Crippen molar-refractivity contribution in [3.05, 3.63) is 76.9 Å². The fraction of sp³-hybridized carbons (Fsp3) is 0.259. The van der Waals surface area contributed by atoms with Crippen LogP contribution in [0.15, 0.2) is 48.5 Å². The molecule has 2 aromatic carbocycles. The van der Waals surface area contributed by atoms with Crippen LogP contribution < -0.4 is 15.8 Å². The summed E-state index contributed by atoms with van der Waals surface area (Å²) in [6.45, 7) is 1.50.